The molecule has 2 rings (SSSR count). The van der Waals surface area contributed by atoms with Gasteiger partial charge in [0.2, 0.25) is 0 Å². The summed E-state index contributed by atoms with van der Waals surface area (Å²) in [6.45, 7) is 7.55. The molecule has 14 heavy (non-hydrogen) atoms. The molecule has 1 nitrogen and oxygen atoms in total. The molecule has 2 aliphatic rings. The Kier molecular flexibility index (Phi) is 3.48. The van der Waals surface area contributed by atoms with Gasteiger partial charge in [-0.1, -0.05) is 20.3 Å². The van der Waals surface area contributed by atoms with Crippen molar-refractivity contribution in [1.82, 2.24) is 4.90 Å². The smallest absolute Gasteiger partial charge is 0.00980 e. The minimum Gasteiger partial charge on any atom is -0.300 e. The van der Waals surface area contributed by atoms with Crippen LogP contribution in [0.3, 0.4) is 0 Å². The first-order chi connectivity index (χ1) is 6.77. The van der Waals surface area contributed by atoms with E-state index in [2.05, 4.69) is 18.7 Å². The highest BCUT2D eigenvalue weighted by molar-refractivity contribution is 4.85. The van der Waals surface area contributed by atoms with Crippen molar-refractivity contribution in [2.45, 2.75) is 58.4 Å². The molecule has 2 unspecified atom stereocenters. The average Bonchev–Trinajstić information content (AvgIpc) is 2.68. The van der Waals surface area contributed by atoms with Gasteiger partial charge in [0.25, 0.3) is 0 Å². The highest BCUT2D eigenvalue weighted by atomic mass is 15.2. The third-order valence-corrected chi connectivity index (χ3v) is 4.30. The summed E-state index contributed by atoms with van der Waals surface area (Å²) in [7, 11) is 0. The molecule has 0 radical (unpaired) electrons. The van der Waals surface area contributed by atoms with E-state index in [0.717, 1.165) is 17.9 Å². The minimum absolute atomic E-state index is 0.907. The highest BCUT2D eigenvalue weighted by Gasteiger charge is 2.30. The van der Waals surface area contributed by atoms with Crippen LogP contribution in [0.25, 0.3) is 0 Å². The van der Waals surface area contributed by atoms with Crippen molar-refractivity contribution in [3.63, 3.8) is 0 Å². The zero-order chi connectivity index (χ0) is 9.97. The molecule has 1 heteroatoms. The molecule has 0 spiro atoms. The van der Waals surface area contributed by atoms with Crippen molar-refractivity contribution >= 4 is 0 Å². The van der Waals surface area contributed by atoms with Gasteiger partial charge < -0.3 is 4.90 Å². The summed E-state index contributed by atoms with van der Waals surface area (Å²) in [5.74, 6) is 1.92. The Balaban J connectivity index is 1.82. The van der Waals surface area contributed by atoms with E-state index in [1.54, 1.807) is 0 Å². The third-order valence-electron chi connectivity index (χ3n) is 4.30. The predicted octanol–water partition coefficient (Wildman–Crippen LogP) is 3.30. The van der Waals surface area contributed by atoms with Gasteiger partial charge in [0, 0.05) is 6.04 Å². The second-order valence-electron chi connectivity index (χ2n) is 5.57. The molecule has 0 N–H and O–H groups in total. The second kappa shape index (κ2) is 4.65. The summed E-state index contributed by atoms with van der Waals surface area (Å²) >= 11 is 0. The van der Waals surface area contributed by atoms with Crippen LogP contribution >= 0.6 is 0 Å². The first-order valence-electron chi connectivity index (χ1n) is 6.51. The first kappa shape index (κ1) is 10.5. The molecule has 1 aliphatic carbocycles. The van der Waals surface area contributed by atoms with Gasteiger partial charge in [-0.15, -0.1) is 0 Å². The average molecular weight is 195 g/mol. The molecule has 1 aliphatic heterocycles. The Morgan fingerprint density at radius 3 is 2.29 bits per heavy atom. The zero-order valence-corrected chi connectivity index (χ0v) is 9.84. The lowest BCUT2D eigenvalue weighted by Gasteiger charge is -2.32. The van der Waals surface area contributed by atoms with Gasteiger partial charge in [0.05, 0.1) is 0 Å². The number of piperidine rings is 1. The maximum atomic E-state index is 2.77. The number of likely N-dealkylation sites (tertiary alicyclic amines) is 1. The maximum absolute atomic E-state index is 2.77. The van der Waals surface area contributed by atoms with Gasteiger partial charge in [-0.3, -0.25) is 0 Å². The fourth-order valence-electron chi connectivity index (χ4n) is 3.21. The fraction of sp³-hybridized carbons (Fsp3) is 1.00. The van der Waals surface area contributed by atoms with Crippen LogP contribution in [-0.4, -0.2) is 24.0 Å². The molecule has 2 atom stereocenters. The summed E-state index contributed by atoms with van der Waals surface area (Å²) in [4.78, 5) is 2.77. The summed E-state index contributed by atoms with van der Waals surface area (Å²) < 4.78 is 0. The molecule has 2 fully saturated rings. The van der Waals surface area contributed by atoms with E-state index in [1.807, 2.05) is 0 Å². The molecule has 82 valence electrons. The van der Waals surface area contributed by atoms with Crippen LogP contribution in [0, 0.1) is 11.8 Å². The van der Waals surface area contributed by atoms with E-state index >= 15 is 0 Å². The van der Waals surface area contributed by atoms with Gasteiger partial charge in [0.1, 0.15) is 0 Å². The van der Waals surface area contributed by atoms with Crippen molar-refractivity contribution in [2.24, 2.45) is 11.8 Å². The monoisotopic (exact) mass is 195 g/mol. The Morgan fingerprint density at radius 1 is 1.00 bits per heavy atom. The van der Waals surface area contributed by atoms with Crippen LogP contribution in [-0.2, 0) is 0 Å². The van der Waals surface area contributed by atoms with E-state index in [-0.39, 0.29) is 0 Å². The topological polar surface area (TPSA) is 3.24 Å². The van der Waals surface area contributed by atoms with Crippen molar-refractivity contribution in [2.75, 3.05) is 13.1 Å². The molecule has 1 saturated heterocycles. The van der Waals surface area contributed by atoms with Crippen molar-refractivity contribution in [1.29, 1.82) is 0 Å². The molecule has 0 aromatic rings. The SMILES string of the molecule is CC(C)C1CCC(N2CCCCC2)C1. The number of hydrogen-bond acceptors (Lipinski definition) is 1. The standard InChI is InChI=1S/C13H25N/c1-11(2)12-6-7-13(10-12)14-8-4-3-5-9-14/h11-13H,3-10H2,1-2H3. The molecular formula is C13H25N. The van der Waals surface area contributed by atoms with E-state index < -0.39 is 0 Å². The van der Waals surface area contributed by atoms with Crippen LogP contribution in [0.5, 0.6) is 0 Å². The molecular weight excluding hydrogens is 170 g/mol. The normalized spacial score (nSPS) is 35.4. The lowest BCUT2D eigenvalue weighted by Crippen LogP contribution is -2.37. The Morgan fingerprint density at radius 2 is 1.71 bits per heavy atom. The van der Waals surface area contributed by atoms with Crippen LogP contribution in [0.15, 0.2) is 0 Å². The van der Waals surface area contributed by atoms with Crippen LogP contribution in [0.4, 0.5) is 0 Å². The van der Waals surface area contributed by atoms with E-state index in [0.29, 0.717) is 0 Å². The summed E-state index contributed by atoms with van der Waals surface area (Å²) in [6.07, 6.45) is 8.81. The predicted molar refractivity (Wildman–Crippen MR) is 61.4 cm³/mol. The highest BCUT2D eigenvalue weighted by Crippen LogP contribution is 2.35. The zero-order valence-electron chi connectivity index (χ0n) is 9.84. The van der Waals surface area contributed by atoms with Gasteiger partial charge in [-0.05, 0) is 57.0 Å². The van der Waals surface area contributed by atoms with Crippen LogP contribution < -0.4 is 0 Å². The van der Waals surface area contributed by atoms with Crippen molar-refractivity contribution < 1.29 is 0 Å². The third kappa shape index (κ3) is 2.31. The van der Waals surface area contributed by atoms with Crippen molar-refractivity contribution in [3.05, 3.63) is 0 Å². The quantitative estimate of drug-likeness (QED) is 0.653. The number of nitrogens with zero attached hydrogens (tertiary/aromatic N) is 1. The maximum Gasteiger partial charge on any atom is 0.00980 e. The molecule has 0 bridgehead atoms. The largest absolute Gasteiger partial charge is 0.300 e. The fourth-order valence-corrected chi connectivity index (χ4v) is 3.21. The molecule has 1 saturated carbocycles. The number of hydrogen-bond donors (Lipinski definition) is 0. The Bertz CT molecular complexity index is 170. The molecule has 0 amide bonds. The second-order valence-corrected chi connectivity index (χ2v) is 5.57. The van der Waals surface area contributed by atoms with Crippen LogP contribution in [0.2, 0.25) is 0 Å². The molecule has 0 aromatic heterocycles. The lowest BCUT2D eigenvalue weighted by molar-refractivity contribution is 0.159. The summed E-state index contributed by atoms with van der Waals surface area (Å²) in [5.41, 5.74) is 0. The van der Waals surface area contributed by atoms with Gasteiger partial charge in [-0.2, -0.15) is 0 Å². The van der Waals surface area contributed by atoms with E-state index in [1.165, 1.54) is 51.6 Å². The van der Waals surface area contributed by atoms with E-state index in [4.69, 9.17) is 0 Å². The van der Waals surface area contributed by atoms with Gasteiger partial charge in [0.15, 0.2) is 0 Å². The lowest BCUT2D eigenvalue weighted by atomic mass is 9.94. The van der Waals surface area contributed by atoms with E-state index in [9.17, 15) is 0 Å². The Labute approximate surface area is 88.9 Å². The molecule has 1 heterocycles. The Hall–Kier alpha value is -0.0400. The summed E-state index contributed by atoms with van der Waals surface area (Å²) in [6, 6.07) is 0.947. The van der Waals surface area contributed by atoms with Gasteiger partial charge >= 0.3 is 0 Å². The summed E-state index contributed by atoms with van der Waals surface area (Å²) in [5, 5.41) is 0. The first-order valence-corrected chi connectivity index (χ1v) is 6.51. The van der Waals surface area contributed by atoms with Gasteiger partial charge in [-0.25, -0.2) is 0 Å². The molecule has 0 aromatic carbocycles. The van der Waals surface area contributed by atoms with Crippen molar-refractivity contribution in [3.8, 4) is 0 Å². The van der Waals surface area contributed by atoms with Crippen LogP contribution in [0.1, 0.15) is 52.4 Å². The minimum atomic E-state index is 0.907. The number of rotatable bonds is 2.